The molecule has 0 aliphatic heterocycles. The van der Waals surface area contributed by atoms with Gasteiger partial charge in [0.1, 0.15) is 0 Å². The summed E-state index contributed by atoms with van der Waals surface area (Å²) in [7, 11) is 0. The summed E-state index contributed by atoms with van der Waals surface area (Å²) in [5.74, 6) is 0.712. The topological polar surface area (TPSA) is 0 Å². The second-order valence-corrected chi connectivity index (χ2v) is 4.87. The molecular formula is C6H12Br2. The Hall–Kier alpha value is 0.960. The van der Waals surface area contributed by atoms with Crippen molar-refractivity contribution >= 4 is 31.9 Å². The summed E-state index contributed by atoms with van der Waals surface area (Å²) in [6.07, 6.45) is 0. The Morgan fingerprint density at radius 1 is 1.00 bits per heavy atom. The minimum Gasteiger partial charge on any atom is -0.0881 e. The van der Waals surface area contributed by atoms with Crippen molar-refractivity contribution in [1.82, 2.24) is 0 Å². The first-order valence-corrected chi connectivity index (χ1v) is 4.67. The highest BCUT2D eigenvalue weighted by Crippen LogP contribution is 2.20. The molecule has 0 fully saturated rings. The summed E-state index contributed by atoms with van der Waals surface area (Å²) in [6, 6.07) is 0. The highest BCUT2D eigenvalue weighted by atomic mass is 79.9. The van der Waals surface area contributed by atoms with Gasteiger partial charge >= 0.3 is 0 Å². The molecular weight excluding hydrogens is 232 g/mol. The quantitative estimate of drug-likeness (QED) is 0.654. The van der Waals surface area contributed by atoms with Crippen LogP contribution in [-0.4, -0.2) is 9.65 Å². The Morgan fingerprint density at radius 2 is 1.38 bits per heavy atom. The maximum atomic E-state index is 3.56. The first kappa shape index (κ1) is 8.96. The second-order valence-electron chi connectivity index (χ2n) is 2.37. The first-order chi connectivity index (χ1) is 3.55. The molecule has 0 spiro atoms. The van der Waals surface area contributed by atoms with Crippen molar-refractivity contribution in [3.05, 3.63) is 0 Å². The molecule has 8 heavy (non-hydrogen) atoms. The number of hydrogen-bond acceptors (Lipinski definition) is 0. The third-order valence-electron chi connectivity index (χ3n) is 1.08. The van der Waals surface area contributed by atoms with Crippen LogP contribution in [-0.2, 0) is 0 Å². The standard InChI is InChI=1S/C6H12Br2/c1-4(2)6(8)5(3)7/h4-6H,1-3H3/t5-,6+/m0/s1. The van der Waals surface area contributed by atoms with Crippen molar-refractivity contribution in [2.75, 3.05) is 0 Å². The van der Waals surface area contributed by atoms with Crippen molar-refractivity contribution in [3.63, 3.8) is 0 Å². The molecule has 0 aromatic carbocycles. The molecule has 0 aromatic rings. The summed E-state index contributed by atoms with van der Waals surface area (Å²) in [5.41, 5.74) is 0. The molecule has 0 amide bonds. The molecule has 0 saturated heterocycles. The molecule has 0 aliphatic rings. The molecule has 0 nitrogen and oxygen atoms in total. The summed E-state index contributed by atoms with van der Waals surface area (Å²) in [5, 5.41) is 0. The van der Waals surface area contributed by atoms with E-state index in [-0.39, 0.29) is 0 Å². The van der Waals surface area contributed by atoms with Gasteiger partial charge in [0.15, 0.2) is 0 Å². The van der Waals surface area contributed by atoms with E-state index < -0.39 is 0 Å². The lowest BCUT2D eigenvalue weighted by Crippen LogP contribution is -2.16. The van der Waals surface area contributed by atoms with E-state index in [2.05, 4.69) is 52.6 Å². The first-order valence-electron chi connectivity index (χ1n) is 2.84. The summed E-state index contributed by atoms with van der Waals surface area (Å²) in [6.45, 7) is 6.56. The molecule has 0 unspecified atom stereocenters. The van der Waals surface area contributed by atoms with Crippen LogP contribution in [0.5, 0.6) is 0 Å². The van der Waals surface area contributed by atoms with E-state index >= 15 is 0 Å². The zero-order valence-electron chi connectivity index (χ0n) is 5.49. The fourth-order valence-electron chi connectivity index (χ4n) is 0.530. The predicted molar refractivity (Wildman–Crippen MR) is 45.9 cm³/mol. The number of alkyl halides is 2. The fraction of sp³-hybridized carbons (Fsp3) is 1.00. The minimum absolute atomic E-state index is 0.572. The molecule has 0 bridgehead atoms. The van der Waals surface area contributed by atoms with E-state index in [4.69, 9.17) is 0 Å². The Balaban J connectivity index is 3.46. The zero-order valence-corrected chi connectivity index (χ0v) is 8.66. The van der Waals surface area contributed by atoms with Crippen LogP contribution < -0.4 is 0 Å². The average Bonchev–Trinajstić information content (AvgIpc) is 1.64. The van der Waals surface area contributed by atoms with Gasteiger partial charge in [-0.25, -0.2) is 0 Å². The third-order valence-corrected chi connectivity index (χ3v) is 4.20. The fourth-order valence-corrected chi connectivity index (χ4v) is 1.14. The van der Waals surface area contributed by atoms with Gasteiger partial charge < -0.3 is 0 Å². The Bertz CT molecular complexity index is 51.5. The van der Waals surface area contributed by atoms with Crippen molar-refractivity contribution < 1.29 is 0 Å². The van der Waals surface area contributed by atoms with Gasteiger partial charge in [0.05, 0.1) is 0 Å². The maximum Gasteiger partial charge on any atom is 0.0291 e. The van der Waals surface area contributed by atoms with Crippen LogP contribution in [0.1, 0.15) is 20.8 Å². The molecule has 0 saturated carbocycles. The van der Waals surface area contributed by atoms with Crippen molar-refractivity contribution in [3.8, 4) is 0 Å². The second kappa shape index (κ2) is 3.89. The van der Waals surface area contributed by atoms with Crippen molar-refractivity contribution in [2.45, 2.75) is 30.4 Å². The largest absolute Gasteiger partial charge is 0.0881 e. The van der Waals surface area contributed by atoms with Crippen LogP contribution in [0.4, 0.5) is 0 Å². The number of rotatable bonds is 2. The molecule has 2 atom stereocenters. The number of halogens is 2. The van der Waals surface area contributed by atoms with Gasteiger partial charge in [0.2, 0.25) is 0 Å². The highest BCUT2D eigenvalue weighted by molar-refractivity contribution is 9.12. The van der Waals surface area contributed by atoms with Gasteiger partial charge in [0.25, 0.3) is 0 Å². The molecule has 0 aromatic heterocycles. The molecule has 0 N–H and O–H groups in total. The normalized spacial score (nSPS) is 18.8. The molecule has 50 valence electrons. The van der Waals surface area contributed by atoms with Crippen LogP contribution in [0, 0.1) is 5.92 Å². The zero-order chi connectivity index (χ0) is 6.73. The minimum atomic E-state index is 0.572. The van der Waals surface area contributed by atoms with E-state index in [0.29, 0.717) is 15.6 Å². The smallest absolute Gasteiger partial charge is 0.0291 e. The van der Waals surface area contributed by atoms with Gasteiger partial charge in [-0.3, -0.25) is 0 Å². The van der Waals surface area contributed by atoms with E-state index in [1.807, 2.05) is 0 Å². The molecule has 0 rings (SSSR count). The summed E-state index contributed by atoms with van der Waals surface area (Å²) < 4.78 is 0. The monoisotopic (exact) mass is 242 g/mol. The van der Waals surface area contributed by atoms with E-state index in [9.17, 15) is 0 Å². The third kappa shape index (κ3) is 3.08. The van der Waals surface area contributed by atoms with E-state index in [0.717, 1.165) is 0 Å². The van der Waals surface area contributed by atoms with Gasteiger partial charge in [-0.05, 0) is 5.92 Å². The SMILES string of the molecule is CC(C)[C@@H](Br)[C@H](C)Br. The van der Waals surface area contributed by atoms with Gasteiger partial charge in [0, 0.05) is 9.65 Å². The molecule has 0 heterocycles. The summed E-state index contributed by atoms with van der Waals surface area (Å²) in [4.78, 5) is 1.17. The number of hydrogen-bond donors (Lipinski definition) is 0. The maximum absolute atomic E-state index is 3.56. The van der Waals surface area contributed by atoms with Gasteiger partial charge in [-0.2, -0.15) is 0 Å². The van der Waals surface area contributed by atoms with E-state index in [1.54, 1.807) is 0 Å². The molecule has 2 heteroatoms. The Kier molecular flexibility index (Phi) is 4.35. The van der Waals surface area contributed by atoms with Crippen LogP contribution >= 0.6 is 31.9 Å². The van der Waals surface area contributed by atoms with Gasteiger partial charge in [-0.15, -0.1) is 0 Å². The van der Waals surface area contributed by atoms with Crippen LogP contribution in [0.3, 0.4) is 0 Å². The van der Waals surface area contributed by atoms with Crippen molar-refractivity contribution in [1.29, 1.82) is 0 Å². The van der Waals surface area contributed by atoms with Crippen LogP contribution in [0.2, 0.25) is 0 Å². The molecule has 0 radical (unpaired) electrons. The lowest BCUT2D eigenvalue weighted by molar-refractivity contribution is 0.615. The molecule has 0 aliphatic carbocycles. The lowest BCUT2D eigenvalue weighted by Gasteiger charge is -2.15. The lowest BCUT2D eigenvalue weighted by atomic mass is 10.1. The average molecular weight is 244 g/mol. The van der Waals surface area contributed by atoms with Crippen LogP contribution in [0.15, 0.2) is 0 Å². The van der Waals surface area contributed by atoms with Crippen molar-refractivity contribution in [2.24, 2.45) is 5.92 Å². The highest BCUT2D eigenvalue weighted by Gasteiger charge is 2.13. The van der Waals surface area contributed by atoms with Gasteiger partial charge in [-0.1, -0.05) is 52.6 Å². The summed E-state index contributed by atoms with van der Waals surface area (Å²) >= 11 is 7.05. The Labute approximate surface area is 68.3 Å². The van der Waals surface area contributed by atoms with E-state index in [1.165, 1.54) is 0 Å². The predicted octanol–water partition coefficient (Wildman–Crippen LogP) is 3.19. The Morgan fingerprint density at radius 3 is 1.38 bits per heavy atom. The van der Waals surface area contributed by atoms with Crippen LogP contribution in [0.25, 0.3) is 0 Å².